The van der Waals surface area contributed by atoms with Crippen LogP contribution in [0.1, 0.15) is 5.69 Å². The number of pyridine rings is 1. The van der Waals surface area contributed by atoms with Gasteiger partial charge in [0, 0.05) is 49.3 Å². The Bertz CT molecular complexity index is 1380. The first kappa shape index (κ1) is 26.3. The summed E-state index contributed by atoms with van der Waals surface area (Å²) in [5.41, 5.74) is 1.73. The monoisotopic (exact) mass is 563 g/mol. The molecule has 4 heterocycles. The number of H-pyrrole nitrogens is 1. The van der Waals surface area contributed by atoms with E-state index in [1.807, 2.05) is 17.8 Å². The Balaban J connectivity index is 1.46. The van der Waals surface area contributed by atoms with Gasteiger partial charge in [-0.25, -0.2) is 4.98 Å². The number of thioether (sulfide) groups is 2. The molecule has 2 aliphatic rings. The molecule has 0 spiro atoms. The van der Waals surface area contributed by atoms with Gasteiger partial charge in [0.2, 0.25) is 0 Å². The molecule has 3 N–H and O–H groups in total. The Labute approximate surface area is 224 Å². The molecule has 2 unspecified atom stereocenters. The second kappa shape index (κ2) is 11.2. The fourth-order valence-corrected chi connectivity index (χ4v) is 7.52. The van der Waals surface area contributed by atoms with E-state index in [0.29, 0.717) is 23.5 Å². The van der Waals surface area contributed by atoms with E-state index in [1.54, 1.807) is 24.3 Å². The second-order valence-corrected chi connectivity index (χ2v) is 13.0. The highest BCUT2D eigenvalue weighted by Gasteiger charge is 2.33. The van der Waals surface area contributed by atoms with Crippen LogP contribution < -0.4 is 9.04 Å². The lowest BCUT2D eigenvalue weighted by molar-refractivity contribution is 0.0117. The summed E-state index contributed by atoms with van der Waals surface area (Å²) in [6.45, 7) is 2.14. The Morgan fingerprint density at radius 1 is 1.27 bits per heavy atom. The molecule has 0 amide bonds. The Kier molecular flexibility index (Phi) is 7.98. The average molecular weight is 564 g/mol. The second-order valence-electron chi connectivity index (χ2n) is 8.67. The molecule has 3 aromatic rings. The van der Waals surface area contributed by atoms with Crippen molar-refractivity contribution < 1.29 is 23.4 Å². The molecule has 0 radical (unpaired) electrons. The van der Waals surface area contributed by atoms with Gasteiger partial charge in [0.05, 0.1) is 35.3 Å². The molecule has 13 heteroatoms. The molecule has 198 valence electrons. The Hall–Kier alpha value is -2.29. The molecule has 2 atom stereocenters. The number of aliphatic imine (C=N–C) groups is 1. The van der Waals surface area contributed by atoms with Crippen LogP contribution in [-0.4, -0.2) is 101 Å². The lowest BCUT2D eigenvalue weighted by Gasteiger charge is -2.33. The average Bonchev–Trinajstić information content (AvgIpc) is 3.59. The first-order valence-electron chi connectivity index (χ1n) is 11.9. The van der Waals surface area contributed by atoms with Crippen molar-refractivity contribution in [2.24, 2.45) is 4.99 Å². The van der Waals surface area contributed by atoms with Crippen molar-refractivity contribution in [3.05, 3.63) is 48.3 Å². The highest BCUT2D eigenvalue weighted by molar-refractivity contribution is 8.15. The molecular weight excluding hydrogens is 534 g/mol. The normalized spacial score (nSPS) is 19.6. The molecule has 1 saturated heterocycles. The van der Waals surface area contributed by atoms with E-state index in [0.717, 1.165) is 40.7 Å². The van der Waals surface area contributed by atoms with Gasteiger partial charge in [0.25, 0.3) is 10.0 Å². The predicted octanol–water partition coefficient (Wildman–Crippen LogP) is 1.99. The minimum Gasteiger partial charge on any atom is -0.491 e. The van der Waals surface area contributed by atoms with Crippen molar-refractivity contribution in [2.45, 2.75) is 16.5 Å². The lowest BCUT2D eigenvalue weighted by Crippen LogP contribution is -2.46. The smallest absolute Gasteiger partial charge is 0.281 e. The summed E-state index contributed by atoms with van der Waals surface area (Å²) < 4.78 is 33.5. The van der Waals surface area contributed by atoms with Crippen molar-refractivity contribution in [1.29, 1.82) is 0 Å². The number of hydrogen-bond acceptors (Lipinski definition) is 10. The van der Waals surface area contributed by atoms with Gasteiger partial charge in [-0.3, -0.25) is 14.2 Å². The number of fused-ring (bicyclic) bond motifs is 1. The number of sulfonamides is 1. The standard InChI is InChI=1S/C24H29N5O5S3/c1-28(37(32,33)21-4-2-3-5-25-21)19-14-17(34-9-8-30)12-16-13-18(27-22(16)19)23-26-15-20(36-23)24(31)29-6-10-35-11-7-29/h2-5,12-14,20,24,27,30-31H,6-11,15H2,1H3. The summed E-state index contributed by atoms with van der Waals surface area (Å²) in [7, 11) is -2.47. The van der Waals surface area contributed by atoms with Gasteiger partial charge in [-0.05, 0) is 24.3 Å². The number of anilines is 1. The number of ether oxygens (including phenoxy) is 1. The molecule has 1 fully saturated rings. The number of aromatic nitrogens is 2. The van der Waals surface area contributed by atoms with Crippen molar-refractivity contribution in [2.75, 3.05) is 55.7 Å². The minimum atomic E-state index is -3.94. The molecule has 2 aliphatic heterocycles. The summed E-state index contributed by atoms with van der Waals surface area (Å²) in [6.07, 6.45) is 0.868. The molecule has 1 aromatic carbocycles. The van der Waals surface area contributed by atoms with Gasteiger partial charge in [0.15, 0.2) is 5.03 Å². The third-order valence-electron chi connectivity index (χ3n) is 6.30. The van der Waals surface area contributed by atoms with Crippen molar-refractivity contribution >= 4 is 55.2 Å². The van der Waals surface area contributed by atoms with E-state index in [4.69, 9.17) is 9.73 Å². The van der Waals surface area contributed by atoms with Crippen LogP contribution in [0.5, 0.6) is 5.75 Å². The van der Waals surface area contributed by atoms with Crippen LogP contribution in [0.25, 0.3) is 10.9 Å². The number of aliphatic hydroxyl groups is 2. The number of hydrogen-bond donors (Lipinski definition) is 3. The van der Waals surface area contributed by atoms with Gasteiger partial charge in [-0.2, -0.15) is 20.2 Å². The van der Waals surface area contributed by atoms with Crippen LogP contribution in [0.15, 0.2) is 52.6 Å². The number of nitrogens with zero attached hydrogens (tertiary/aromatic N) is 4. The number of benzene rings is 1. The summed E-state index contributed by atoms with van der Waals surface area (Å²) in [6, 6.07) is 10.1. The highest BCUT2D eigenvalue weighted by atomic mass is 32.2. The van der Waals surface area contributed by atoms with E-state index < -0.39 is 16.3 Å². The van der Waals surface area contributed by atoms with Crippen LogP contribution in [0.2, 0.25) is 0 Å². The molecule has 5 rings (SSSR count). The zero-order valence-corrected chi connectivity index (χ0v) is 22.7. The molecule has 0 aliphatic carbocycles. The van der Waals surface area contributed by atoms with E-state index in [9.17, 15) is 18.6 Å². The number of aromatic amines is 1. The van der Waals surface area contributed by atoms with Gasteiger partial charge in [-0.15, -0.1) is 0 Å². The lowest BCUT2D eigenvalue weighted by atomic mass is 10.2. The number of rotatable bonds is 9. The predicted molar refractivity (Wildman–Crippen MR) is 148 cm³/mol. The number of aliphatic hydroxyl groups excluding tert-OH is 2. The van der Waals surface area contributed by atoms with Crippen LogP contribution >= 0.6 is 23.5 Å². The summed E-state index contributed by atoms with van der Waals surface area (Å²) >= 11 is 3.43. The maximum absolute atomic E-state index is 13.3. The van der Waals surface area contributed by atoms with E-state index in [2.05, 4.69) is 14.9 Å². The third-order valence-corrected chi connectivity index (χ3v) is 10.2. The van der Waals surface area contributed by atoms with E-state index in [-0.39, 0.29) is 23.5 Å². The quantitative estimate of drug-likeness (QED) is 0.358. The fraction of sp³-hybridized carbons (Fsp3) is 0.417. The van der Waals surface area contributed by atoms with Crippen LogP contribution in [0.4, 0.5) is 5.69 Å². The van der Waals surface area contributed by atoms with Crippen LogP contribution in [0.3, 0.4) is 0 Å². The summed E-state index contributed by atoms with van der Waals surface area (Å²) in [5.74, 6) is 2.47. The van der Waals surface area contributed by atoms with Gasteiger partial charge >= 0.3 is 0 Å². The fourth-order valence-electron chi connectivity index (χ4n) is 4.35. The van der Waals surface area contributed by atoms with Crippen molar-refractivity contribution in [3.8, 4) is 5.75 Å². The van der Waals surface area contributed by atoms with Gasteiger partial charge in [-0.1, -0.05) is 17.8 Å². The molecule has 0 bridgehead atoms. The maximum atomic E-state index is 13.3. The maximum Gasteiger partial charge on any atom is 0.281 e. The first-order chi connectivity index (χ1) is 17.9. The largest absolute Gasteiger partial charge is 0.491 e. The van der Waals surface area contributed by atoms with Crippen LogP contribution in [-0.2, 0) is 10.0 Å². The SMILES string of the molecule is CN(c1cc(OCCO)cc2cc(C3=NCC(C(O)N4CCSCC4)S3)[nH]c12)S(=O)(=O)c1ccccn1. The minimum absolute atomic E-state index is 0.0669. The van der Waals surface area contributed by atoms with E-state index >= 15 is 0 Å². The van der Waals surface area contributed by atoms with Gasteiger partial charge < -0.3 is 19.9 Å². The zero-order valence-electron chi connectivity index (χ0n) is 20.3. The first-order valence-corrected chi connectivity index (χ1v) is 15.4. The molecule has 37 heavy (non-hydrogen) atoms. The van der Waals surface area contributed by atoms with Gasteiger partial charge in [0.1, 0.15) is 23.6 Å². The third kappa shape index (κ3) is 5.47. The molecular formula is C24H29N5O5S3. The molecule has 2 aromatic heterocycles. The van der Waals surface area contributed by atoms with Crippen LogP contribution in [0, 0.1) is 0 Å². The Morgan fingerprint density at radius 2 is 2.08 bits per heavy atom. The topological polar surface area (TPSA) is 131 Å². The summed E-state index contributed by atoms with van der Waals surface area (Å²) in [5, 5.41) is 21.5. The van der Waals surface area contributed by atoms with Crippen molar-refractivity contribution in [3.63, 3.8) is 0 Å². The Morgan fingerprint density at radius 3 is 2.81 bits per heavy atom. The van der Waals surface area contributed by atoms with E-state index in [1.165, 1.54) is 35.4 Å². The molecule has 10 nitrogen and oxygen atoms in total. The molecule has 0 saturated carbocycles. The van der Waals surface area contributed by atoms with Crippen molar-refractivity contribution in [1.82, 2.24) is 14.9 Å². The number of nitrogens with one attached hydrogen (secondary N) is 1. The highest BCUT2D eigenvalue weighted by Crippen LogP contribution is 2.37. The summed E-state index contributed by atoms with van der Waals surface area (Å²) in [4.78, 5) is 14.2. The zero-order chi connectivity index (χ0) is 26.0.